The molecule has 0 saturated heterocycles. The quantitative estimate of drug-likeness (QED) is 0.563. The fourth-order valence-electron chi connectivity index (χ4n) is 3.04. The molecule has 3 rings (SSSR count). The van der Waals surface area contributed by atoms with E-state index in [-0.39, 0.29) is 6.03 Å². The lowest BCUT2D eigenvalue weighted by molar-refractivity contribution is -0.142. The van der Waals surface area contributed by atoms with Crippen molar-refractivity contribution < 1.29 is 14.3 Å². The fraction of sp³-hybridized carbons (Fsp3) is 0.238. The Labute approximate surface area is 157 Å². The van der Waals surface area contributed by atoms with Gasteiger partial charge in [-0.1, -0.05) is 48.5 Å². The fourth-order valence-corrected chi connectivity index (χ4v) is 3.04. The molecule has 1 aromatic heterocycles. The van der Waals surface area contributed by atoms with Gasteiger partial charge >= 0.3 is 12.0 Å². The van der Waals surface area contributed by atoms with Crippen molar-refractivity contribution in [2.75, 3.05) is 13.7 Å². The van der Waals surface area contributed by atoms with Crippen LogP contribution in [0.3, 0.4) is 0 Å². The van der Waals surface area contributed by atoms with Gasteiger partial charge in [0.1, 0.15) is 6.04 Å². The number of hydrogen-bond acceptors (Lipinski definition) is 3. The van der Waals surface area contributed by atoms with E-state index >= 15 is 0 Å². The van der Waals surface area contributed by atoms with E-state index in [9.17, 15) is 9.59 Å². The summed E-state index contributed by atoms with van der Waals surface area (Å²) in [6.45, 7) is 0.465. The molecule has 140 valence electrons. The summed E-state index contributed by atoms with van der Waals surface area (Å²) in [4.78, 5) is 27.4. The summed E-state index contributed by atoms with van der Waals surface area (Å²) < 4.78 is 4.81. The van der Waals surface area contributed by atoms with Crippen LogP contribution in [0.25, 0.3) is 10.9 Å². The lowest BCUT2D eigenvalue weighted by Crippen LogP contribution is -2.48. The highest BCUT2D eigenvalue weighted by molar-refractivity contribution is 5.84. The molecule has 3 N–H and O–H groups in total. The van der Waals surface area contributed by atoms with Gasteiger partial charge in [-0.05, 0) is 23.6 Å². The van der Waals surface area contributed by atoms with E-state index in [1.165, 1.54) is 7.11 Å². The summed E-state index contributed by atoms with van der Waals surface area (Å²) in [7, 11) is 1.32. The maximum atomic E-state index is 12.2. The molecule has 6 nitrogen and oxygen atoms in total. The van der Waals surface area contributed by atoms with Crippen LogP contribution in [-0.2, 0) is 22.4 Å². The Hall–Kier alpha value is -3.28. The van der Waals surface area contributed by atoms with Gasteiger partial charge in [-0.15, -0.1) is 0 Å². The molecule has 2 aromatic carbocycles. The molecule has 27 heavy (non-hydrogen) atoms. The first-order chi connectivity index (χ1) is 13.2. The van der Waals surface area contributed by atoms with Crippen molar-refractivity contribution in [1.82, 2.24) is 15.6 Å². The molecule has 0 radical (unpaired) electrons. The number of methoxy groups -OCH3 is 1. The number of H-pyrrole nitrogens is 1. The Morgan fingerprint density at radius 3 is 2.59 bits per heavy atom. The number of aromatic amines is 1. The van der Waals surface area contributed by atoms with Crippen molar-refractivity contribution in [2.45, 2.75) is 18.9 Å². The van der Waals surface area contributed by atoms with Gasteiger partial charge in [-0.2, -0.15) is 0 Å². The zero-order chi connectivity index (χ0) is 19.1. The van der Waals surface area contributed by atoms with Gasteiger partial charge in [0.25, 0.3) is 0 Å². The van der Waals surface area contributed by atoms with Crippen molar-refractivity contribution in [1.29, 1.82) is 0 Å². The summed E-state index contributed by atoms with van der Waals surface area (Å²) in [5.41, 5.74) is 3.16. The molecule has 0 aliphatic carbocycles. The number of ether oxygens (including phenoxy) is 1. The lowest BCUT2D eigenvalue weighted by Gasteiger charge is -2.17. The van der Waals surface area contributed by atoms with Crippen LogP contribution in [-0.4, -0.2) is 36.7 Å². The highest BCUT2D eigenvalue weighted by Crippen LogP contribution is 2.17. The van der Waals surface area contributed by atoms with E-state index in [0.29, 0.717) is 19.4 Å². The average molecular weight is 365 g/mol. The van der Waals surface area contributed by atoms with Crippen LogP contribution < -0.4 is 10.6 Å². The molecule has 1 heterocycles. The molecule has 6 heteroatoms. The van der Waals surface area contributed by atoms with Crippen LogP contribution >= 0.6 is 0 Å². The van der Waals surface area contributed by atoms with Crippen molar-refractivity contribution in [3.8, 4) is 0 Å². The smallest absolute Gasteiger partial charge is 0.328 e. The molecule has 0 unspecified atom stereocenters. The normalized spacial score (nSPS) is 11.7. The number of nitrogens with one attached hydrogen (secondary N) is 3. The number of para-hydroxylation sites is 1. The summed E-state index contributed by atoms with van der Waals surface area (Å²) in [5.74, 6) is -0.467. The Bertz CT molecular complexity index is 905. The van der Waals surface area contributed by atoms with Crippen LogP contribution in [0.15, 0.2) is 60.8 Å². The van der Waals surface area contributed by atoms with Gasteiger partial charge in [0.05, 0.1) is 7.11 Å². The molecule has 1 atom stereocenters. The number of carbonyl (C=O) groups is 2. The third-order valence-electron chi connectivity index (χ3n) is 4.43. The second-order valence-electron chi connectivity index (χ2n) is 6.28. The molecule has 0 saturated carbocycles. The first-order valence-corrected chi connectivity index (χ1v) is 8.88. The van der Waals surface area contributed by atoms with Crippen LogP contribution in [0.5, 0.6) is 0 Å². The number of rotatable bonds is 7. The van der Waals surface area contributed by atoms with Gasteiger partial charge in [0, 0.05) is 30.1 Å². The second kappa shape index (κ2) is 8.89. The topological polar surface area (TPSA) is 83.2 Å². The zero-order valence-electron chi connectivity index (χ0n) is 15.2. The average Bonchev–Trinajstić information content (AvgIpc) is 3.11. The zero-order valence-corrected chi connectivity index (χ0v) is 15.2. The Balaban J connectivity index is 1.53. The van der Waals surface area contributed by atoms with Gasteiger partial charge in [-0.25, -0.2) is 9.59 Å². The molecule has 0 bridgehead atoms. The molecular weight excluding hydrogens is 342 g/mol. The summed E-state index contributed by atoms with van der Waals surface area (Å²) in [6.07, 6.45) is 3.03. The number of carbonyl (C=O) groups excluding carboxylic acids is 2. The SMILES string of the molecule is COC(=O)[C@H](Cc1ccccc1)NC(=O)NCCc1c[nH]c2ccccc12. The first-order valence-electron chi connectivity index (χ1n) is 8.88. The number of fused-ring (bicyclic) bond motifs is 1. The van der Waals surface area contributed by atoms with Crippen molar-refractivity contribution in [2.24, 2.45) is 0 Å². The highest BCUT2D eigenvalue weighted by atomic mass is 16.5. The molecular formula is C21H23N3O3. The van der Waals surface area contributed by atoms with Crippen LogP contribution in [0.4, 0.5) is 4.79 Å². The van der Waals surface area contributed by atoms with Crippen molar-refractivity contribution in [3.05, 3.63) is 71.9 Å². The van der Waals surface area contributed by atoms with Crippen LogP contribution in [0.2, 0.25) is 0 Å². The Morgan fingerprint density at radius 2 is 1.81 bits per heavy atom. The summed E-state index contributed by atoms with van der Waals surface area (Å²) >= 11 is 0. The first kappa shape index (κ1) is 18.5. The van der Waals surface area contributed by atoms with Gasteiger partial charge < -0.3 is 20.4 Å². The second-order valence-corrected chi connectivity index (χ2v) is 6.28. The van der Waals surface area contributed by atoms with Gasteiger partial charge in [-0.3, -0.25) is 0 Å². The van der Waals surface area contributed by atoms with E-state index in [1.54, 1.807) is 0 Å². The minimum absolute atomic E-state index is 0.378. The lowest BCUT2D eigenvalue weighted by atomic mass is 10.1. The monoisotopic (exact) mass is 365 g/mol. The van der Waals surface area contributed by atoms with Gasteiger partial charge in [0.15, 0.2) is 0 Å². The predicted octanol–water partition coefficient (Wildman–Crippen LogP) is 2.79. The van der Waals surface area contributed by atoms with E-state index < -0.39 is 12.0 Å². The maximum absolute atomic E-state index is 12.2. The summed E-state index contributed by atoms with van der Waals surface area (Å²) in [6, 6.07) is 16.4. The maximum Gasteiger partial charge on any atom is 0.328 e. The summed E-state index contributed by atoms with van der Waals surface area (Å²) in [5, 5.41) is 6.66. The van der Waals surface area contributed by atoms with Gasteiger partial charge in [0.2, 0.25) is 0 Å². The van der Waals surface area contributed by atoms with E-state index in [2.05, 4.69) is 15.6 Å². The number of benzene rings is 2. The minimum atomic E-state index is -0.731. The van der Waals surface area contributed by atoms with Crippen LogP contribution in [0.1, 0.15) is 11.1 Å². The highest BCUT2D eigenvalue weighted by Gasteiger charge is 2.21. The largest absolute Gasteiger partial charge is 0.467 e. The van der Waals surface area contributed by atoms with E-state index in [4.69, 9.17) is 4.74 Å². The molecule has 0 fully saturated rings. The van der Waals surface area contributed by atoms with Crippen molar-refractivity contribution in [3.63, 3.8) is 0 Å². The van der Waals surface area contributed by atoms with Crippen molar-refractivity contribution >= 4 is 22.9 Å². The number of urea groups is 1. The number of esters is 1. The molecule has 0 aliphatic heterocycles. The van der Waals surface area contributed by atoms with E-state index in [1.807, 2.05) is 60.8 Å². The van der Waals surface area contributed by atoms with E-state index in [0.717, 1.165) is 22.0 Å². The third-order valence-corrected chi connectivity index (χ3v) is 4.43. The number of hydrogen-bond donors (Lipinski definition) is 3. The molecule has 0 aliphatic rings. The molecule has 0 spiro atoms. The Kier molecular flexibility index (Phi) is 6.10. The Morgan fingerprint density at radius 1 is 1.07 bits per heavy atom. The van der Waals surface area contributed by atoms with Crippen LogP contribution in [0, 0.1) is 0 Å². The number of aromatic nitrogens is 1. The molecule has 2 amide bonds. The third kappa shape index (κ3) is 4.88. The minimum Gasteiger partial charge on any atom is -0.467 e. The standard InChI is InChI=1S/C21H23N3O3/c1-27-20(25)19(13-15-7-3-2-4-8-15)24-21(26)22-12-11-16-14-23-18-10-6-5-9-17(16)18/h2-10,14,19,23H,11-13H2,1H3,(H2,22,24,26)/t19-/m0/s1. The number of amides is 2. The predicted molar refractivity (Wildman–Crippen MR) is 104 cm³/mol. The molecule has 3 aromatic rings.